The minimum atomic E-state index is -2.77. The Morgan fingerprint density at radius 2 is 2.05 bits per heavy atom. The fraction of sp³-hybridized carbons (Fsp3) is 0.533. The van der Waals surface area contributed by atoms with Crippen molar-refractivity contribution in [3.63, 3.8) is 0 Å². The molecule has 5 heteroatoms. The molecule has 0 aromatic heterocycles. The van der Waals surface area contributed by atoms with E-state index in [2.05, 4.69) is 10.6 Å². The summed E-state index contributed by atoms with van der Waals surface area (Å²) < 4.78 is 26.0. The summed E-state index contributed by atoms with van der Waals surface area (Å²) >= 11 is 0. The molecule has 0 spiro atoms. The van der Waals surface area contributed by atoms with Crippen molar-refractivity contribution in [3.05, 3.63) is 34.9 Å². The van der Waals surface area contributed by atoms with Gasteiger partial charge in [0.05, 0.1) is 12.6 Å². The molecule has 1 fully saturated rings. The molecule has 1 saturated heterocycles. The van der Waals surface area contributed by atoms with Crippen LogP contribution in [0.5, 0.6) is 0 Å². The highest BCUT2D eigenvalue weighted by atomic mass is 19.3. The highest BCUT2D eigenvalue weighted by Crippen LogP contribution is 2.25. The normalized spacial score (nSPS) is 20.9. The molecule has 3 nitrogen and oxygen atoms in total. The van der Waals surface area contributed by atoms with Crippen LogP contribution in [0.2, 0.25) is 0 Å². The molecule has 1 aliphatic rings. The van der Waals surface area contributed by atoms with Gasteiger partial charge in [0.15, 0.2) is 0 Å². The molecule has 2 rings (SSSR count). The quantitative estimate of drug-likeness (QED) is 0.886. The van der Waals surface area contributed by atoms with Gasteiger partial charge in [0, 0.05) is 13.0 Å². The number of alkyl halides is 2. The molecular formula is C15H20F2N2O. The highest BCUT2D eigenvalue weighted by molar-refractivity contribution is 5.82. The van der Waals surface area contributed by atoms with Crippen molar-refractivity contribution < 1.29 is 13.6 Å². The van der Waals surface area contributed by atoms with Crippen molar-refractivity contribution in [1.29, 1.82) is 0 Å². The summed E-state index contributed by atoms with van der Waals surface area (Å²) in [7, 11) is 0. The number of carbonyl (C=O) groups excluding carboxylic acids is 1. The molecule has 1 atom stereocenters. The van der Waals surface area contributed by atoms with Crippen LogP contribution in [0, 0.1) is 13.8 Å². The van der Waals surface area contributed by atoms with Crippen molar-refractivity contribution in [2.24, 2.45) is 0 Å². The molecule has 110 valence electrons. The summed E-state index contributed by atoms with van der Waals surface area (Å²) in [5, 5.41) is 5.29. The summed E-state index contributed by atoms with van der Waals surface area (Å²) in [5.74, 6) is -3.11. The number of nitrogens with one attached hydrogen (secondary N) is 2. The zero-order valence-electron chi connectivity index (χ0n) is 11.8. The van der Waals surface area contributed by atoms with Crippen LogP contribution in [0.15, 0.2) is 18.2 Å². The SMILES string of the molecule is Cc1cccc(C)c1CCNC(=O)C1CC(F)(F)CN1. The average molecular weight is 282 g/mol. The molecule has 2 N–H and O–H groups in total. The van der Waals surface area contributed by atoms with Crippen LogP contribution in [0.3, 0.4) is 0 Å². The Hall–Kier alpha value is -1.49. The van der Waals surface area contributed by atoms with Crippen LogP contribution >= 0.6 is 0 Å². The average Bonchev–Trinajstić information content (AvgIpc) is 2.73. The van der Waals surface area contributed by atoms with Crippen molar-refractivity contribution >= 4 is 5.91 Å². The van der Waals surface area contributed by atoms with Crippen molar-refractivity contribution in [3.8, 4) is 0 Å². The number of halogens is 2. The lowest BCUT2D eigenvalue weighted by Gasteiger charge is -2.13. The molecule has 0 saturated carbocycles. The number of rotatable bonds is 4. The Balaban J connectivity index is 1.83. The summed E-state index contributed by atoms with van der Waals surface area (Å²) in [6.07, 6.45) is 0.301. The third-order valence-electron chi connectivity index (χ3n) is 3.75. The fourth-order valence-electron chi connectivity index (χ4n) is 2.58. The number of aryl methyl sites for hydroxylation is 2. The van der Waals surface area contributed by atoms with Gasteiger partial charge in [-0.25, -0.2) is 8.78 Å². The van der Waals surface area contributed by atoms with Gasteiger partial charge in [0.25, 0.3) is 5.92 Å². The van der Waals surface area contributed by atoms with E-state index in [0.717, 1.165) is 0 Å². The zero-order valence-corrected chi connectivity index (χ0v) is 11.8. The first-order chi connectivity index (χ1) is 9.39. The standard InChI is InChI=1S/C15H20F2N2O/c1-10-4-3-5-11(2)12(10)6-7-18-14(20)13-8-15(16,17)9-19-13/h3-5,13,19H,6-9H2,1-2H3,(H,18,20). The molecule has 1 aromatic carbocycles. The van der Waals surface area contributed by atoms with Gasteiger partial charge in [0.2, 0.25) is 5.91 Å². The number of hydrogen-bond donors (Lipinski definition) is 2. The van der Waals surface area contributed by atoms with E-state index in [-0.39, 0.29) is 5.91 Å². The first kappa shape index (κ1) is 14.9. The number of amides is 1. The van der Waals surface area contributed by atoms with E-state index in [1.807, 2.05) is 32.0 Å². The Kier molecular flexibility index (Phi) is 4.38. The largest absolute Gasteiger partial charge is 0.354 e. The van der Waals surface area contributed by atoms with E-state index in [1.165, 1.54) is 16.7 Å². The van der Waals surface area contributed by atoms with E-state index < -0.39 is 24.9 Å². The fourth-order valence-corrected chi connectivity index (χ4v) is 2.58. The summed E-state index contributed by atoms with van der Waals surface area (Å²) in [4.78, 5) is 11.8. The maximum absolute atomic E-state index is 13.0. The second-order valence-electron chi connectivity index (χ2n) is 5.40. The Morgan fingerprint density at radius 3 is 2.60 bits per heavy atom. The number of hydrogen-bond acceptors (Lipinski definition) is 2. The maximum atomic E-state index is 13.0. The number of carbonyl (C=O) groups is 1. The van der Waals surface area contributed by atoms with E-state index in [1.54, 1.807) is 0 Å². The second kappa shape index (κ2) is 5.87. The minimum absolute atomic E-state index is 0.339. The van der Waals surface area contributed by atoms with E-state index in [0.29, 0.717) is 13.0 Å². The molecule has 1 aliphatic heterocycles. The van der Waals surface area contributed by atoms with Gasteiger partial charge in [-0.1, -0.05) is 18.2 Å². The summed E-state index contributed by atoms with van der Waals surface area (Å²) in [6.45, 7) is 4.11. The smallest absolute Gasteiger partial charge is 0.262 e. The molecule has 1 amide bonds. The first-order valence-electron chi connectivity index (χ1n) is 6.83. The molecule has 0 aliphatic carbocycles. The Labute approximate surface area is 117 Å². The Bertz CT molecular complexity index is 482. The molecule has 0 bridgehead atoms. The highest BCUT2D eigenvalue weighted by Gasteiger charge is 2.42. The van der Waals surface area contributed by atoms with Crippen LogP contribution < -0.4 is 10.6 Å². The van der Waals surface area contributed by atoms with Gasteiger partial charge in [-0.3, -0.25) is 10.1 Å². The monoisotopic (exact) mass is 282 g/mol. The van der Waals surface area contributed by atoms with Gasteiger partial charge in [-0.2, -0.15) is 0 Å². The zero-order chi connectivity index (χ0) is 14.8. The van der Waals surface area contributed by atoms with Crippen molar-refractivity contribution in [2.75, 3.05) is 13.1 Å². The van der Waals surface area contributed by atoms with Crippen LogP contribution in [0.4, 0.5) is 8.78 Å². The lowest BCUT2D eigenvalue weighted by atomic mass is 10.0. The molecule has 20 heavy (non-hydrogen) atoms. The lowest BCUT2D eigenvalue weighted by Crippen LogP contribution is -2.41. The van der Waals surface area contributed by atoms with E-state index in [4.69, 9.17) is 0 Å². The van der Waals surface area contributed by atoms with E-state index >= 15 is 0 Å². The van der Waals surface area contributed by atoms with Crippen LogP contribution in [0.25, 0.3) is 0 Å². The first-order valence-corrected chi connectivity index (χ1v) is 6.83. The predicted octanol–water partition coefficient (Wildman–Crippen LogP) is 1.96. The third kappa shape index (κ3) is 3.54. The lowest BCUT2D eigenvalue weighted by molar-refractivity contribution is -0.123. The third-order valence-corrected chi connectivity index (χ3v) is 3.75. The van der Waals surface area contributed by atoms with Crippen LogP contribution in [-0.2, 0) is 11.2 Å². The van der Waals surface area contributed by atoms with Crippen molar-refractivity contribution in [1.82, 2.24) is 10.6 Å². The molecule has 1 unspecified atom stereocenters. The van der Waals surface area contributed by atoms with Crippen LogP contribution in [-0.4, -0.2) is 31.0 Å². The molecule has 1 heterocycles. The van der Waals surface area contributed by atoms with Gasteiger partial charge in [-0.15, -0.1) is 0 Å². The Morgan fingerprint density at radius 1 is 1.40 bits per heavy atom. The topological polar surface area (TPSA) is 41.1 Å². The summed E-state index contributed by atoms with van der Waals surface area (Å²) in [6, 6.07) is 5.28. The van der Waals surface area contributed by atoms with Crippen molar-refractivity contribution in [2.45, 2.75) is 38.7 Å². The van der Waals surface area contributed by atoms with Crippen LogP contribution in [0.1, 0.15) is 23.1 Å². The minimum Gasteiger partial charge on any atom is -0.354 e. The predicted molar refractivity (Wildman–Crippen MR) is 74.0 cm³/mol. The van der Waals surface area contributed by atoms with Gasteiger partial charge < -0.3 is 5.32 Å². The molecular weight excluding hydrogens is 262 g/mol. The number of benzene rings is 1. The van der Waals surface area contributed by atoms with Gasteiger partial charge in [-0.05, 0) is 37.0 Å². The van der Waals surface area contributed by atoms with Gasteiger partial charge in [0.1, 0.15) is 0 Å². The maximum Gasteiger partial charge on any atom is 0.262 e. The van der Waals surface area contributed by atoms with Gasteiger partial charge >= 0.3 is 0 Å². The molecule has 1 aromatic rings. The summed E-state index contributed by atoms with van der Waals surface area (Å²) in [5.41, 5.74) is 3.58. The molecule has 0 radical (unpaired) electrons. The van der Waals surface area contributed by atoms with E-state index in [9.17, 15) is 13.6 Å². The second-order valence-corrected chi connectivity index (χ2v) is 5.40.